The van der Waals surface area contributed by atoms with Gasteiger partial charge in [-0.05, 0) is 38.2 Å². The van der Waals surface area contributed by atoms with E-state index in [2.05, 4.69) is 30.4 Å². The molecule has 0 amide bonds. The van der Waals surface area contributed by atoms with Crippen molar-refractivity contribution in [2.45, 2.75) is 46.0 Å². The van der Waals surface area contributed by atoms with E-state index >= 15 is 0 Å². The number of nitrogens with zero attached hydrogens (tertiary/aromatic N) is 2. The largest absolute Gasteiger partial charge is 0.377 e. The Morgan fingerprint density at radius 3 is 2.77 bits per heavy atom. The highest BCUT2D eigenvalue weighted by Crippen LogP contribution is 2.26. The topological polar surface area (TPSA) is 61.3 Å². The van der Waals surface area contributed by atoms with E-state index < -0.39 is 0 Å². The minimum Gasteiger partial charge on any atom is -0.377 e. The molecule has 0 aliphatic heterocycles. The Kier molecular flexibility index (Phi) is 8.09. The second-order valence-electron chi connectivity index (χ2n) is 6.20. The predicted molar refractivity (Wildman–Crippen MR) is 103 cm³/mol. The van der Waals surface area contributed by atoms with E-state index in [1.165, 1.54) is 0 Å². The molecule has 0 aliphatic rings. The summed E-state index contributed by atoms with van der Waals surface area (Å²) in [6, 6.07) is 1.93. The maximum absolute atomic E-state index is 5.65. The average molecular weight is 356 g/mol. The van der Waals surface area contributed by atoms with Crippen LogP contribution in [0.3, 0.4) is 0 Å². The molecule has 5 heteroatoms. The van der Waals surface area contributed by atoms with Crippen LogP contribution in [0.5, 0.6) is 0 Å². The number of hydrogen-bond donors (Lipinski definition) is 0. The lowest BCUT2D eigenvalue weighted by atomic mass is 10.1. The van der Waals surface area contributed by atoms with Crippen molar-refractivity contribution in [1.82, 2.24) is 10.3 Å². The van der Waals surface area contributed by atoms with Gasteiger partial charge in [-0.3, -0.25) is 0 Å². The number of allylic oxidation sites excluding steroid dienone is 2. The van der Waals surface area contributed by atoms with Crippen LogP contribution in [0.15, 0.2) is 52.1 Å². The van der Waals surface area contributed by atoms with Gasteiger partial charge in [0.25, 0.3) is 0 Å². The van der Waals surface area contributed by atoms with E-state index in [0.717, 1.165) is 60.4 Å². The maximum atomic E-state index is 5.65. The first-order chi connectivity index (χ1) is 12.7. The van der Waals surface area contributed by atoms with E-state index in [1.807, 2.05) is 19.1 Å². The van der Waals surface area contributed by atoms with E-state index in [-0.39, 0.29) is 0 Å². The van der Waals surface area contributed by atoms with E-state index in [1.54, 1.807) is 12.2 Å². The van der Waals surface area contributed by atoms with E-state index in [9.17, 15) is 0 Å². The lowest BCUT2D eigenvalue weighted by molar-refractivity contribution is 0.153. The summed E-state index contributed by atoms with van der Waals surface area (Å²) in [4.78, 5) is 0. The zero-order valence-electron chi connectivity index (χ0n) is 15.8. The Bertz CT molecular complexity index is 740. The highest BCUT2D eigenvalue weighted by molar-refractivity contribution is 5.57. The van der Waals surface area contributed by atoms with E-state index in [4.69, 9.17) is 13.8 Å². The third-order valence-electron chi connectivity index (χ3n) is 4.12. The normalized spacial score (nSPS) is 11.7. The van der Waals surface area contributed by atoms with Gasteiger partial charge in [-0.25, -0.2) is 0 Å². The highest BCUT2D eigenvalue weighted by Gasteiger charge is 2.17. The summed E-state index contributed by atoms with van der Waals surface area (Å²) in [6.45, 7) is 12.8. The van der Waals surface area contributed by atoms with Crippen molar-refractivity contribution >= 4 is 0 Å². The zero-order valence-corrected chi connectivity index (χ0v) is 15.8. The van der Waals surface area contributed by atoms with Crippen molar-refractivity contribution in [2.24, 2.45) is 0 Å². The summed E-state index contributed by atoms with van der Waals surface area (Å²) >= 11 is 0. The first kappa shape index (κ1) is 19.9. The van der Waals surface area contributed by atoms with E-state index in [0.29, 0.717) is 19.0 Å². The lowest BCUT2D eigenvalue weighted by Crippen LogP contribution is -2.00. The van der Waals surface area contributed by atoms with Gasteiger partial charge in [-0.2, -0.15) is 0 Å². The molecule has 0 radical (unpaired) electrons. The second-order valence-corrected chi connectivity index (χ2v) is 6.20. The average Bonchev–Trinajstić information content (AvgIpc) is 3.24. The Balaban J connectivity index is 1.78. The van der Waals surface area contributed by atoms with Gasteiger partial charge < -0.3 is 13.8 Å². The number of aromatic nitrogens is 2. The van der Waals surface area contributed by atoms with Gasteiger partial charge >= 0.3 is 0 Å². The molecule has 0 unspecified atom stereocenters. The molecular weight excluding hydrogens is 328 g/mol. The number of hydrogen-bond acceptors (Lipinski definition) is 5. The van der Waals surface area contributed by atoms with Gasteiger partial charge in [-0.1, -0.05) is 48.6 Å². The molecule has 0 bridgehead atoms. The number of rotatable bonds is 12. The molecular formula is C21H28N2O3. The van der Waals surface area contributed by atoms with Crippen LogP contribution in [0.4, 0.5) is 0 Å². The molecule has 26 heavy (non-hydrogen) atoms. The van der Waals surface area contributed by atoms with Crippen molar-refractivity contribution in [3.05, 3.63) is 60.0 Å². The van der Waals surface area contributed by atoms with Crippen LogP contribution in [0, 0.1) is 6.92 Å². The summed E-state index contributed by atoms with van der Waals surface area (Å²) in [6.07, 6.45) is 10.1. The van der Waals surface area contributed by atoms with Crippen molar-refractivity contribution in [3.63, 3.8) is 0 Å². The summed E-state index contributed by atoms with van der Waals surface area (Å²) in [7, 11) is 0. The van der Waals surface area contributed by atoms with Gasteiger partial charge in [0.05, 0.1) is 12.3 Å². The van der Waals surface area contributed by atoms with Crippen LogP contribution in [0.25, 0.3) is 11.5 Å². The molecule has 2 rings (SSSR count). The second kappa shape index (κ2) is 10.6. The molecule has 2 aromatic heterocycles. The standard InChI is InChI=1S/C21H28N2O3/c1-5-10-17(7-3)15-24-13-9-8-12-19-16(4)21(26-22-19)20-14-18(11-6-2)25-23-20/h5,7,10,14H,1,3,6,8-9,11-13,15H2,2,4H3/b17-10+. The smallest absolute Gasteiger partial charge is 0.191 e. The van der Waals surface area contributed by atoms with Crippen LogP contribution in [0.2, 0.25) is 0 Å². The number of unbranched alkanes of at least 4 members (excludes halogenated alkanes) is 1. The zero-order chi connectivity index (χ0) is 18.8. The van der Waals surface area contributed by atoms with Gasteiger partial charge in [0.15, 0.2) is 11.5 Å². The molecule has 0 spiro atoms. The lowest BCUT2D eigenvalue weighted by Gasteiger charge is -2.04. The summed E-state index contributed by atoms with van der Waals surface area (Å²) in [5.74, 6) is 1.58. The molecule has 2 heterocycles. The van der Waals surface area contributed by atoms with Crippen molar-refractivity contribution < 1.29 is 13.8 Å². The summed E-state index contributed by atoms with van der Waals surface area (Å²) in [5.41, 5.74) is 3.76. The van der Waals surface area contributed by atoms with Crippen molar-refractivity contribution in [1.29, 1.82) is 0 Å². The van der Waals surface area contributed by atoms with Crippen LogP contribution in [-0.2, 0) is 17.6 Å². The predicted octanol–water partition coefficient (Wildman–Crippen LogP) is 5.23. The highest BCUT2D eigenvalue weighted by atomic mass is 16.5. The molecule has 2 aromatic rings. The Morgan fingerprint density at radius 2 is 2.04 bits per heavy atom. The summed E-state index contributed by atoms with van der Waals surface area (Å²) in [5, 5.41) is 8.29. The minimum atomic E-state index is 0.564. The van der Waals surface area contributed by atoms with Gasteiger partial charge in [0.2, 0.25) is 0 Å². The molecule has 0 fully saturated rings. The first-order valence-corrected chi connectivity index (χ1v) is 9.12. The molecule has 140 valence electrons. The fraction of sp³-hybridized carbons (Fsp3) is 0.429. The molecule has 0 N–H and O–H groups in total. The number of ether oxygens (including phenoxy) is 1. The fourth-order valence-corrected chi connectivity index (χ4v) is 2.64. The molecule has 0 aromatic carbocycles. The SMILES string of the molecule is C=C/C=C(\C=C)COCCCCc1noc(-c2cc(CCC)on2)c1C. The molecule has 0 saturated carbocycles. The van der Waals surface area contributed by atoms with Gasteiger partial charge in [0.1, 0.15) is 5.76 Å². The molecule has 0 aliphatic carbocycles. The van der Waals surface area contributed by atoms with Gasteiger partial charge in [-0.15, -0.1) is 0 Å². The Labute approximate surface area is 155 Å². The molecule has 5 nitrogen and oxygen atoms in total. The monoisotopic (exact) mass is 356 g/mol. The Morgan fingerprint density at radius 1 is 1.19 bits per heavy atom. The quantitative estimate of drug-likeness (QED) is 0.385. The van der Waals surface area contributed by atoms with Crippen LogP contribution in [0.1, 0.15) is 43.2 Å². The van der Waals surface area contributed by atoms with Crippen LogP contribution >= 0.6 is 0 Å². The fourth-order valence-electron chi connectivity index (χ4n) is 2.64. The Hall–Kier alpha value is -2.40. The summed E-state index contributed by atoms with van der Waals surface area (Å²) < 4.78 is 16.5. The minimum absolute atomic E-state index is 0.564. The molecule has 0 atom stereocenters. The first-order valence-electron chi connectivity index (χ1n) is 9.12. The third-order valence-corrected chi connectivity index (χ3v) is 4.12. The molecule has 0 saturated heterocycles. The number of aryl methyl sites for hydroxylation is 2. The van der Waals surface area contributed by atoms with Gasteiger partial charge in [0, 0.05) is 24.7 Å². The van der Waals surface area contributed by atoms with Crippen molar-refractivity contribution in [3.8, 4) is 11.5 Å². The maximum Gasteiger partial charge on any atom is 0.191 e. The van der Waals surface area contributed by atoms with Crippen LogP contribution in [-0.4, -0.2) is 23.5 Å². The third kappa shape index (κ3) is 5.56. The van der Waals surface area contributed by atoms with Crippen LogP contribution < -0.4 is 0 Å². The van der Waals surface area contributed by atoms with Crippen molar-refractivity contribution in [2.75, 3.05) is 13.2 Å².